The first-order valence-corrected chi connectivity index (χ1v) is 9.74. The van der Waals surface area contributed by atoms with Gasteiger partial charge >= 0.3 is 5.97 Å². The molecule has 154 valence electrons. The zero-order valence-corrected chi connectivity index (χ0v) is 17.4. The molecule has 1 unspecified atom stereocenters. The summed E-state index contributed by atoms with van der Waals surface area (Å²) in [6.45, 7) is 0. The van der Waals surface area contributed by atoms with Crippen LogP contribution in [0.5, 0.6) is 0 Å². The maximum absolute atomic E-state index is 13.1. The molecule has 3 aromatic carbocycles. The van der Waals surface area contributed by atoms with Gasteiger partial charge < -0.3 is 9.64 Å². The Hall–Kier alpha value is -4.17. The summed E-state index contributed by atoms with van der Waals surface area (Å²) in [6.07, 6.45) is 0.306. The summed E-state index contributed by atoms with van der Waals surface area (Å²) in [6, 6.07) is 26.7. The van der Waals surface area contributed by atoms with Gasteiger partial charge in [0.1, 0.15) is 11.6 Å². The molecule has 0 aliphatic carbocycles. The van der Waals surface area contributed by atoms with Crippen molar-refractivity contribution in [2.24, 2.45) is 0 Å². The molecule has 5 nitrogen and oxygen atoms in total. The van der Waals surface area contributed by atoms with Crippen molar-refractivity contribution in [2.45, 2.75) is 6.10 Å². The Morgan fingerprint density at radius 2 is 1.48 bits per heavy atom. The molecule has 0 heterocycles. The Morgan fingerprint density at radius 1 is 0.903 bits per heavy atom. The summed E-state index contributed by atoms with van der Waals surface area (Å²) in [7, 11) is 3.85. The predicted molar refractivity (Wildman–Crippen MR) is 120 cm³/mol. The second-order valence-corrected chi connectivity index (χ2v) is 7.08. The fourth-order valence-corrected chi connectivity index (χ4v) is 3.00. The number of hydrogen-bond donors (Lipinski definition) is 0. The van der Waals surface area contributed by atoms with E-state index < -0.39 is 12.1 Å². The second-order valence-electron chi connectivity index (χ2n) is 7.08. The Labute approximate surface area is 181 Å². The smallest absolute Gasteiger partial charge is 0.349 e. The highest BCUT2D eigenvalue weighted by molar-refractivity contribution is 6.04. The van der Waals surface area contributed by atoms with E-state index in [4.69, 9.17) is 4.74 Å². The number of carbonyl (C=O) groups is 2. The molecule has 0 N–H and O–H groups in total. The van der Waals surface area contributed by atoms with E-state index in [9.17, 15) is 14.9 Å². The first kappa shape index (κ1) is 21.5. The van der Waals surface area contributed by atoms with Crippen LogP contribution in [-0.2, 0) is 9.53 Å². The van der Waals surface area contributed by atoms with Gasteiger partial charge in [0, 0.05) is 30.9 Å². The van der Waals surface area contributed by atoms with Gasteiger partial charge in [-0.1, -0.05) is 72.8 Å². The number of ketones is 1. The number of anilines is 1. The number of esters is 1. The van der Waals surface area contributed by atoms with Gasteiger partial charge in [0.25, 0.3) is 0 Å². The second kappa shape index (κ2) is 10.0. The molecule has 0 bridgehead atoms. The minimum absolute atomic E-state index is 0.181. The molecule has 0 aliphatic rings. The van der Waals surface area contributed by atoms with E-state index in [0.29, 0.717) is 16.7 Å². The van der Waals surface area contributed by atoms with E-state index in [1.807, 2.05) is 55.4 Å². The van der Waals surface area contributed by atoms with Crippen LogP contribution in [-0.4, -0.2) is 25.8 Å². The van der Waals surface area contributed by atoms with Crippen molar-refractivity contribution in [1.29, 1.82) is 5.26 Å². The predicted octanol–water partition coefficient (Wildman–Crippen LogP) is 4.83. The number of nitrogens with zero attached hydrogens (tertiary/aromatic N) is 2. The highest BCUT2D eigenvalue weighted by Crippen LogP contribution is 2.24. The van der Waals surface area contributed by atoms with Gasteiger partial charge in [-0.15, -0.1) is 0 Å². The molecule has 0 radical (unpaired) electrons. The van der Waals surface area contributed by atoms with Crippen molar-refractivity contribution < 1.29 is 14.3 Å². The standard InChI is InChI=1S/C26H22N2O3/c1-28(2)23-15-13-19(14-16-23)17-22(18-27)26(30)31-25(21-11-7-4-8-12-21)24(29)20-9-5-3-6-10-20/h3-17,25H,1-2H3. The van der Waals surface area contributed by atoms with E-state index in [-0.39, 0.29) is 11.4 Å². The van der Waals surface area contributed by atoms with Gasteiger partial charge in [-0.05, 0) is 23.8 Å². The molecule has 3 aromatic rings. The molecule has 3 rings (SSSR count). The molecule has 0 saturated carbocycles. The Bertz CT molecular complexity index is 1110. The van der Waals surface area contributed by atoms with Crippen molar-refractivity contribution in [3.63, 3.8) is 0 Å². The van der Waals surface area contributed by atoms with Gasteiger partial charge in [0.05, 0.1) is 0 Å². The topological polar surface area (TPSA) is 70.4 Å². The summed E-state index contributed by atoms with van der Waals surface area (Å²) in [5, 5.41) is 9.53. The Balaban J connectivity index is 1.88. The average Bonchev–Trinajstić information content (AvgIpc) is 2.81. The van der Waals surface area contributed by atoms with Crippen LogP contribution in [0.25, 0.3) is 6.08 Å². The SMILES string of the molecule is CN(C)c1ccc(C=C(C#N)C(=O)OC(C(=O)c2ccccc2)c2ccccc2)cc1. The molecule has 1 atom stereocenters. The van der Waals surface area contributed by atoms with E-state index in [1.165, 1.54) is 6.08 Å². The van der Waals surface area contributed by atoms with Crippen molar-refractivity contribution >= 4 is 23.5 Å². The normalized spacial score (nSPS) is 11.8. The van der Waals surface area contributed by atoms with E-state index >= 15 is 0 Å². The van der Waals surface area contributed by atoms with Crippen molar-refractivity contribution in [3.05, 3.63) is 107 Å². The van der Waals surface area contributed by atoms with Crippen LogP contribution in [0.3, 0.4) is 0 Å². The van der Waals surface area contributed by atoms with Crippen LogP contribution in [0, 0.1) is 11.3 Å². The summed E-state index contributed by atoms with van der Waals surface area (Å²) >= 11 is 0. The van der Waals surface area contributed by atoms with Crippen LogP contribution < -0.4 is 4.90 Å². The lowest BCUT2D eigenvalue weighted by molar-refractivity contribution is -0.142. The van der Waals surface area contributed by atoms with Gasteiger partial charge in [-0.3, -0.25) is 4.79 Å². The molecule has 0 aliphatic heterocycles. The van der Waals surface area contributed by atoms with Crippen LogP contribution in [0.1, 0.15) is 27.6 Å². The molecule has 5 heteroatoms. The molecular formula is C26H22N2O3. The van der Waals surface area contributed by atoms with Crippen molar-refractivity contribution in [1.82, 2.24) is 0 Å². The number of carbonyl (C=O) groups excluding carboxylic acids is 2. The third-order valence-corrected chi connectivity index (χ3v) is 4.68. The first-order chi connectivity index (χ1) is 15.0. The van der Waals surface area contributed by atoms with Crippen LogP contribution >= 0.6 is 0 Å². The van der Waals surface area contributed by atoms with E-state index in [0.717, 1.165) is 5.69 Å². The highest BCUT2D eigenvalue weighted by Gasteiger charge is 2.27. The van der Waals surface area contributed by atoms with E-state index in [2.05, 4.69) is 0 Å². The quantitative estimate of drug-likeness (QED) is 0.242. The maximum atomic E-state index is 13.1. The van der Waals surface area contributed by atoms with Crippen molar-refractivity contribution in [3.8, 4) is 6.07 Å². The molecule has 0 fully saturated rings. The number of hydrogen-bond acceptors (Lipinski definition) is 5. The van der Waals surface area contributed by atoms with Crippen LogP contribution in [0.15, 0.2) is 90.5 Å². The molecule has 0 aromatic heterocycles. The minimum atomic E-state index is -1.15. The third kappa shape index (κ3) is 5.46. The van der Waals surface area contributed by atoms with Gasteiger partial charge in [0.2, 0.25) is 5.78 Å². The number of Topliss-reactive ketones (excluding diaryl/α,β-unsaturated/α-hetero) is 1. The Morgan fingerprint density at radius 3 is 2.03 bits per heavy atom. The van der Waals surface area contributed by atoms with Gasteiger partial charge in [-0.25, -0.2) is 4.79 Å². The summed E-state index contributed by atoms with van der Waals surface area (Å²) in [5.74, 6) is -1.20. The monoisotopic (exact) mass is 410 g/mol. The molecule has 0 saturated heterocycles. The number of ether oxygens (including phenoxy) is 1. The van der Waals surface area contributed by atoms with E-state index in [1.54, 1.807) is 54.6 Å². The van der Waals surface area contributed by atoms with Gasteiger partial charge in [0.15, 0.2) is 6.10 Å². The van der Waals surface area contributed by atoms with Gasteiger partial charge in [-0.2, -0.15) is 5.26 Å². The molecular weight excluding hydrogens is 388 g/mol. The highest BCUT2D eigenvalue weighted by atomic mass is 16.5. The summed E-state index contributed by atoms with van der Waals surface area (Å²) in [4.78, 5) is 27.8. The lowest BCUT2D eigenvalue weighted by Crippen LogP contribution is -2.21. The third-order valence-electron chi connectivity index (χ3n) is 4.68. The number of benzene rings is 3. The maximum Gasteiger partial charge on any atom is 0.349 e. The fraction of sp³-hybridized carbons (Fsp3) is 0.115. The van der Waals surface area contributed by atoms with Crippen molar-refractivity contribution in [2.75, 3.05) is 19.0 Å². The zero-order chi connectivity index (χ0) is 22.2. The summed E-state index contributed by atoms with van der Waals surface area (Å²) in [5.41, 5.74) is 2.46. The number of nitriles is 1. The van der Waals surface area contributed by atoms with Crippen LogP contribution in [0.2, 0.25) is 0 Å². The average molecular weight is 410 g/mol. The Kier molecular flexibility index (Phi) is 6.97. The minimum Gasteiger partial charge on any atom is -0.445 e. The zero-order valence-electron chi connectivity index (χ0n) is 17.4. The lowest BCUT2D eigenvalue weighted by Gasteiger charge is -2.17. The molecule has 0 amide bonds. The fourth-order valence-electron chi connectivity index (χ4n) is 3.00. The number of rotatable bonds is 7. The molecule has 31 heavy (non-hydrogen) atoms. The largest absolute Gasteiger partial charge is 0.445 e. The van der Waals surface area contributed by atoms with Crippen LogP contribution in [0.4, 0.5) is 5.69 Å². The first-order valence-electron chi connectivity index (χ1n) is 9.74. The molecule has 0 spiro atoms. The lowest BCUT2D eigenvalue weighted by atomic mass is 9.99. The summed E-state index contributed by atoms with van der Waals surface area (Å²) < 4.78 is 5.55.